The molecule has 0 aliphatic carbocycles. The van der Waals surface area contributed by atoms with E-state index in [0.717, 1.165) is 25.9 Å². The second-order valence-corrected chi connectivity index (χ2v) is 11.8. The van der Waals surface area contributed by atoms with Crippen LogP contribution in [0.4, 0.5) is 0 Å². The van der Waals surface area contributed by atoms with Gasteiger partial charge in [-0.3, -0.25) is 0 Å². The molecule has 7 nitrogen and oxygen atoms in total. The molecule has 2 aromatic heterocycles. The molecule has 0 saturated carbocycles. The van der Waals surface area contributed by atoms with Crippen molar-refractivity contribution in [3.05, 3.63) is 51.2 Å². The van der Waals surface area contributed by atoms with Crippen LogP contribution in [-0.4, -0.2) is 44.5 Å². The molecule has 0 N–H and O–H groups in total. The molecule has 0 atom stereocenters. The molecule has 0 spiro atoms. The topological polar surface area (TPSA) is 80.3 Å². The highest BCUT2D eigenvalue weighted by atomic mass is 35.5. The molecule has 4 aromatic rings. The van der Waals surface area contributed by atoms with E-state index in [4.69, 9.17) is 35.3 Å². The summed E-state index contributed by atoms with van der Waals surface area (Å²) in [4.78, 5) is 25.1. The summed E-state index contributed by atoms with van der Waals surface area (Å²) in [6.45, 7) is 11.1. The van der Waals surface area contributed by atoms with Crippen molar-refractivity contribution in [3.63, 3.8) is 0 Å². The lowest BCUT2D eigenvalue weighted by atomic mass is 10.2. The zero-order chi connectivity index (χ0) is 28.9. The van der Waals surface area contributed by atoms with Crippen LogP contribution in [-0.2, 0) is 9.47 Å². The summed E-state index contributed by atoms with van der Waals surface area (Å²) >= 11 is 8.93. The Morgan fingerprint density at radius 1 is 0.692 bits per heavy atom. The Bertz CT molecular complexity index is 1450. The van der Waals surface area contributed by atoms with Crippen LogP contribution < -0.4 is 14.2 Å². The SMILES string of the molecule is COc1ccc2sc(C(=O)OC(C)C)c(Cl)c2c1.COc1ccc2sc(C(=O)OC(C)C)c(OC(C)C)c2c1. The van der Waals surface area contributed by atoms with Crippen LogP contribution in [0.2, 0.25) is 5.02 Å². The summed E-state index contributed by atoms with van der Waals surface area (Å²) in [5.74, 6) is 1.30. The fraction of sp³-hybridized carbons (Fsp3) is 0.379. The molecule has 0 amide bonds. The van der Waals surface area contributed by atoms with E-state index < -0.39 is 0 Å². The van der Waals surface area contributed by atoms with E-state index in [1.165, 1.54) is 22.7 Å². The minimum atomic E-state index is -0.379. The average molecular weight is 593 g/mol. The Kier molecular flexibility index (Phi) is 10.5. The Hall–Kier alpha value is -3.01. The third-order valence-corrected chi connectivity index (χ3v) is 7.88. The van der Waals surface area contributed by atoms with Gasteiger partial charge in [0.25, 0.3) is 0 Å². The lowest BCUT2D eigenvalue weighted by Crippen LogP contribution is -2.13. The van der Waals surface area contributed by atoms with Gasteiger partial charge in [0.15, 0.2) is 10.6 Å². The molecular formula is C29H33ClO7S2. The molecule has 210 valence electrons. The third kappa shape index (κ3) is 7.56. The van der Waals surface area contributed by atoms with E-state index in [0.29, 0.717) is 26.3 Å². The Morgan fingerprint density at radius 3 is 1.64 bits per heavy atom. The summed E-state index contributed by atoms with van der Waals surface area (Å²) in [7, 11) is 3.21. The Labute approximate surface area is 241 Å². The number of halogens is 1. The molecular weight excluding hydrogens is 560 g/mol. The molecule has 10 heteroatoms. The van der Waals surface area contributed by atoms with Gasteiger partial charge in [0.2, 0.25) is 0 Å². The van der Waals surface area contributed by atoms with Gasteiger partial charge < -0.3 is 23.7 Å². The lowest BCUT2D eigenvalue weighted by molar-refractivity contribution is 0.0370. The number of fused-ring (bicyclic) bond motifs is 2. The van der Waals surface area contributed by atoms with E-state index in [9.17, 15) is 9.59 Å². The second-order valence-electron chi connectivity index (χ2n) is 9.30. The molecule has 0 fully saturated rings. The van der Waals surface area contributed by atoms with Crippen molar-refractivity contribution in [1.82, 2.24) is 0 Å². The number of hydrogen-bond acceptors (Lipinski definition) is 9. The second kappa shape index (κ2) is 13.4. The van der Waals surface area contributed by atoms with Gasteiger partial charge in [0, 0.05) is 20.2 Å². The van der Waals surface area contributed by atoms with Crippen LogP contribution in [0.5, 0.6) is 17.2 Å². The van der Waals surface area contributed by atoms with Crippen LogP contribution in [0.15, 0.2) is 36.4 Å². The largest absolute Gasteiger partial charge is 0.497 e. The molecule has 2 aromatic carbocycles. The van der Waals surface area contributed by atoms with Gasteiger partial charge in [0.05, 0.1) is 37.6 Å². The van der Waals surface area contributed by atoms with E-state index >= 15 is 0 Å². The molecule has 2 heterocycles. The van der Waals surface area contributed by atoms with Crippen LogP contribution in [0.1, 0.15) is 60.9 Å². The van der Waals surface area contributed by atoms with Crippen LogP contribution in [0, 0.1) is 0 Å². The zero-order valence-electron chi connectivity index (χ0n) is 23.2. The normalized spacial score (nSPS) is 11.1. The number of carbonyl (C=O) groups excluding carboxylic acids is 2. The van der Waals surface area contributed by atoms with Crippen molar-refractivity contribution in [2.45, 2.75) is 59.9 Å². The minimum absolute atomic E-state index is 0.0281. The van der Waals surface area contributed by atoms with Crippen LogP contribution in [0.3, 0.4) is 0 Å². The molecule has 0 unspecified atom stereocenters. The first-order valence-corrected chi connectivity index (χ1v) is 14.4. The maximum atomic E-state index is 12.3. The lowest BCUT2D eigenvalue weighted by Gasteiger charge is -2.12. The smallest absolute Gasteiger partial charge is 0.352 e. The standard InChI is InChI=1S/C16H20O4S.C13H13ClO3S/c1-9(2)19-14-12-8-11(18-5)6-7-13(12)21-15(14)16(17)20-10(3)4;1-7(2)17-13(15)12-11(14)9-6-8(16-3)4-5-10(9)18-12/h6-10H,1-5H3;4-7H,1-3H3. The van der Waals surface area contributed by atoms with Gasteiger partial charge in [-0.15, -0.1) is 22.7 Å². The Balaban J connectivity index is 0.000000218. The monoisotopic (exact) mass is 592 g/mol. The summed E-state index contributed by atoms with van der Waals surface area (Å²) in [5.41, 5.74) is 0. The predicted octanol–water partition coefficient (Wildman–Crippen LogP) is 8.39. The third-order valence-electron chi connectivity index (χ3n) is 5.09. The van der Waals surface area contributed by atoms with Gasteiger partial charge >= 0.3 is 11.9 Å². The Morgan fingerprint density at radius 2 is 1.15 bits per heavy atom. The van der Waals surface area contributed by atoms with E-state index in [-0.39, 0.29) is 30.3 Å². The highest BCUT2D eigenvalue weighted by molar-refractivity contribution is 7.21. The van der Waals surface area contributed by atoms with E-state index in [2.05, 4.69) is 0 Å². The molecule has 0 saturated heterocycles. The van der Waals surface area contributed by atoms with Crippen molar-refractivity contribution >= 4 is 66.4 Å². The van der Waals surface area contributed by atoms with Crippen LogP contribution in [0.25, 0.3) is 20.2 Å². The summed E-state index contributed by atoms with van der Waals surface area (Å²) < 4.78 is 28.6. The maximum absolute atomic E-state index is 12.3. The summed E-state index contributed by atoms with van der Waals surface area (Å²) in [6.07, 6.45) is -0.350. The maximum Gasteiger partial charge on any atom is 0.352 e. The van der Waals surface area contributed by atoms with Gasteiger partial charge in [-0.2, -0.15) is 0 Å². The number of benzene rings is 2. The molecule has 4 rings (SSSR count). The number of rotatable bonds is 8. The first-order chi connectivity index (χ1) is 18.4. The van der Waals surface area contributed by atoms with Crippen LogP contribution >= 0.6 is 34.3 Å². The average Bonchev–Trinajstić information content (AvgIpc) is 3.40. The highest BCUT2D eigenvalue weighted by Crippen LogP contribution is 2.41. The molecule has 0 aliphatic rings. The molecule has 0 radical (unpaired) electrons. The summed E-state index contributed by atoms with van der Waals surface area (Å²) in [6, 6.07) is 11.2. The molecule has 0 aliphatic heterocycles. The fourth-order valence-electron chi connectivity index (χ4n) is 3.51. The first-order valence-electron chi connectivity index (χ1n) is 12.4. The number of ether oxygens (including phenoxy) is 5. The fourth-order valence-corrected chi connectivity index (χ4v) is 5.87. The number of methoxy groups -OCH3 is 2. The highest BCUT2D eigenvalue weighted by Gasteiger charge is 2.23. The predicted molar refractivity (Wildman–Crippen MR) is 159 cm³/mol. The van der Waals surface area contributed by atoms with E-state index in [1.54, 1.807) is 14.2 Å². The van der Waals surface area contributed by atoms with E-state index in [1.807, 2.05) is 77.9 Å². The van der Waals surface area contributed by atoms with Crippen molar-refractivity contribution in [1.29, 1.82) is 0 Å². The van der Waals surface area contributed by atoms with Crippen molar-refractivity contribution in [3.8, 4) is 17.2 Å². The number of esters is 2. The summed E-state index contributed by atoms with van der Waals surface area (Å²) in [5, 5.41) is 2.13. The number of thiophene rings is 2. The number of hydrogen-bond donors (Lipinski definition) is 0. The number of carbonyl (C=O) groups is 2. The minimum Gasteiger partial charge on any atom is -0.497 e. The molecule has 0 bridgehead atoms. The van der Waals surface area contributed by atoms with Gasteiger partial charge in [-0.25, -0.2) is 9.59 Å². The van der Waals surface area contributed by atoms with Crippen molar-refractivity contribution < 1.29 is 33.3 Å². The van der Waals surface area contributed by atoms with Gasteiger partial charge in [-0.1, -0.05) is 11.6 Å². The quantitative estimate of drug-likeness (QED) is 0.190. The first kappa shape index (κ1) is 30.5. The zero-order valence-corrected chi connectivity index (χ0v) is 25.6. The van der Waals surface area contributed by atoms with Gasteiger partial charge in [-0.05, 0) is 77.9 Å². The van der Waals surface area contributed by atoms with Gasteiger partial charge in [0.1, 0.15) is 16.4 Å². The molecule has 39 heavy (non-hydrogen) atoms. The van der Waals surface area contributed by atoms with Crippen molar-refractivity contribution in [2.75, 3.05) is 14.2 Å². The van der Waals surface area contributed by atoms with Crippen molar-refractivity contribution in [2.24, 2.45) is 0 Å².